The molecule has 2 aliphatic rings. The molecule has 3 aromatic rings. The fourth-order valence-corrected chi connectivity index (χ4v) is 5.94. The minimum absolute atomic E-state index is 0.0623. The SMILES string of the molecule is NC(=O)C(NC(=O)C1CCCCC1c1ccc(CN(C(=O)N2CCOCC2)c2ccc(F)cc2)cc1)c1ccc(F)cc1. The summed E-state index contributed by atoms with van der Waals surface area (Å²) in [6.45, 7) is 2.20. The van der Waals surface area contributed by atoms with Crippen molar-refractivity contribution in [2.45, 2.75) is 44.2 Å². The molecule has 3 unspecified atom stereocenters. The topological polar surface area (TPSA) is 105 Å². The molecule has 8 nitrogen and oxygen atoms in total. The van der Waals surface area contributed by atoms with Gasteiger partial charge in [-0.1, -0.05) is 49.2 Å². The number of halogens is 2. The Kier molecular flexibility index (Phi) is 9.66. The van der Waals surface area contributed by atoms with Gasteiger partial charge in [0.15, 0.2) is 0 Å². The van der Waals surface area contributed by atoms with Crippen LogP contribution in [0.3, 0.4) is 0 Å². The van der Waals surface area contributed by atoms with E-state index in [9.17, 15) is 23.2 Å². The summed E-state index contributed by atoms with van der Waals surface area (Å²) in [7, 11) is 0. The first-order valence-electron chi connectivity index (χ1n) is 14.6. The van der Waals surface area contributed by atoms with Gasteiger partial charge in [0.05, 0.1) is 19.8 Å². The van der Waals surface area contributed by atoms with Crippen molar-refractivity contribution in [3.05, 3.63) is 101 Å². The number of hydrogen-bond donors (Lipinski definition) is 2. The number of amides is 4. The maximum atomic E-state index is 13.7. The predicted molar refractivity (Wildman–Crippen MR) is 158 cm³/mol. The second-order valence-electron chi connectivity index (χ2n) is 11.1. The number of rotatable bonds is 8. The molecule has 226 valence electrons. The lowest BCUT2D eigenvalue weighted by atomic mass is 9.74. The van der Waals surface area contributed by atoms with E-state index in [1.54, 1.807) is 21.9 Å². The third kappa shape index (κ3) is 7.37. The van der Waals surface area contributed by atoms with Gasteiger partial charge in [0.1, 0.15) is 17.7 Å². The van der Waals surface area contributed by atoms with Crippen LogP contribution in [0.4, 0.5) is 19.3 Å². The Labute approximate surface area is 249 Å². The van der Waals surface area contributed by atoms with Crippen molar-refractivity contribution in [1.29, 1.82) is 0 Å². The zero-order chi connectivity index (χ0) is 30.3. The Morgan fingerprint density at radius 3 is 2.12 bits per heavy atom. The molecule has 1 saturated carbocycles. The second kappa shape index (κ2) is 13.8. The molecule has 1 heterocycles. The molecule has 10 heteroatoms. The fourth-order valence-electron chi connectivity index (χ4n) is 5.94. The number of nitrogens with one attached hydrogen (secondary N) is 1. The first-order chi connectivity index (χ1) is 20.8. The molecular weight excluding hydrogens is 554 g/mol. The zero-order valence-electron chi connectivity index (χ0n) is 23.9. The number of carbonyl (C=O) groups excluding carboxylic acids is 3. The van der Waals surface area contributed by atoms with Gasteiger partial charge in [0.25, 0.3) is 0 Å². The third-order valence-electron chi connectivity index (χ3n) is 8.28. The van der Waals surface area contributed by atoms with Gasteiger partial charge in [-0.25, -0.2) is 13.6 Å². The Morgan fingerprint density at radius 1 is 0.884 bits per heavy atom. The molecule has 1 aliphatic carbocycles. The lowest BCUT2D eigenvalue weighted by Crippen LogP contribution is -2.48. The quantitative estimate of drug-likeness (QED) is 0.384. The van der Waals surface area contributed by atoms with E-state index < -0.39 is 17.8 Å². The Balaban J connectivity index is 1.32. The largest absolute Gasteiger partial charge is 0.378 e. The average Bonchev–Trinajstić information content (AvgIpc) is 3.03. The normalized spacial score (nSPS) is 19.3. The highest BCUT2D eigenvalue weighted by Gasteiger charge is 2.34. The van der Waals surface area contributed by atoms with E-state index in [0.29, 0.717) is 44.0 Å². The second-order valence-corrected chi connectivity index (χ2v) is 11.1. The number of nitrogens with zero attached hydrogens (tertiary/aromatic N) is 2. The Hall–Kier alpha value is -4.31. The lowest BCUT2D eigenvalue weighted by Gasteiger charge is -2.33. The summed E-state index contributed by atoms with van der Waals surface area (Å²) in [5, 5.41) is 2.80. The van der Waals surface area contributed by atoms with Crippen LogP contribution in [0.1, 0.15) is 54.3 Å². The molecule has 43 heavy (non-hydrogen) atoms. The zero-order valence-corrected chi connectivity index (χ0v) is 23.9. The molecule has 0 aromatic heterocycles. The average molecular weight is 591 g/mol. The number of benzene rings is 3. The van der Waals surface area contributed by atoms with E-state index in [1.165, 1.54) is 36.4 Å². The van der Waals surface area contributed by atoms with Crippen LogP contribution in [0, 0.1) is 17.6 Å². The van der Waals surface area contributed by atoms with Crippen molar-refractivity contribution < 1.29 is 27.9 Å². The smallest absolute Gasteiger partial charge is 0.324 e. The standard InChI is InChI=1S/C33H36F2N4O4/c34-25-11-9-24(10-12-25)30(31(36)40)37-32(41)29-4-2-1-3-28(29)23-7-5-22(6-8-23)21-39(27-15-13-26(35)14-16-27)33(42)38-17-19-43-20-18-38/h5-16,28-30H,1-4,17-21H2,(H2,36,40)(H,37,41). The minimum Gasteiger partial charge on any atom is -0.378 e. The van der Waals surface area contributed by atoms with Crippen molar-refractivity contribution in [2.24, 2.45) is 11.7 Å². The maximum Gasteiger partial charge on any atom is 0.324 e. The van der Waals surface area contributed by atoms with Gasteiger partial charge < -0.3 is 20.7 Å². The van der Waals surface area contributed by atoms with Crippen LogP contribution in [-0.2, 0) is 20.9 Å². The van der Waals surface area contributed by atoms with Crippen LogP contribution >= 0.6 is 0 Å². The summed E-state index contributed by atoms with van der Waals surface area (Å²) in [5.74, 6) is -2.22. The number of morpholine rings is 1. The van der Waals surface area contributed by atoms with E-state index in [4.69, 9.17) is 10.5 Å². The van der Waals surface area contributed by atoms with Gasteiger partial charge in [-0.15, -0.1) is 0 Å². The van der Waals surface area contributed by atoms with Crippen LogP contribution in [0.5, 0.6) is 0 Å². The summed E-state index contributed by atoms with van der Waals surface area (Å²) < 4.78 is 32.5. The molecule has 0 bridgehead atoms. The molecule has 3 aromatic carbocycles. The van der Waals surface area contributed by atoms with E-state index in [2.05, 4.69) is 5.32 Å². The van der Waals surface area contributed by atoms with E-state index in [-0.39, 0.29) is 36.1 Å². The van der Waals surface area contributed by atoms with Crippen molar-refractivity contribution in [1.82, 2.24) is 10.2 Å². The number of urea groups is 1. The third-order valence-corrected chi connectivity index (χ3v) is 8.28. The monoisotopic (exact) mass is 590 g/mol. The molecule has 0 spiro atoms. The number of hydrogen-bond acceptors (Lipinski definition) is 4. The van der Waals surface area contributed by atoms with Crippen molar-refractivity contribution in [3.63, 3.8) is 0 Å². The summed E-state index contributed by atoms with van der Waals surface area (Å²) in [6, 6.07) is 17.9. The number of carbonyl (C=O) groups is 3. The van der Waals surface area contributed by atoms with Crippen molar-refractivity contribution in [3.8, 4) is 0 Å². The minimum atomic E-state index is -1.06. The van der Waals surface area contributed by atoms with Gasteiger partial charge in [0, 0.05) is 24.7 Å². The van der Waals surface area contributed by atoms with Crippen LogP contribution < -0.4 is 16.0 Å². The molecule has 3 atom stereocenters. The van der Waals surface area contributed by atoms with E-state index in [1.807, 2.05) is 24.3 Å². The summed E-state index contributed by atoms with van der Waals surface area (Å²) in [4.78, 5) is 42.5. The fraction of sp³-hybridized carbons (Fsp3) is 0.364. The van der Waals surface area contributed by atoms with Crippen molar-refractivity contribution >= 4 is 23.5 Å². The molecule has 0 radical (unpaired) electrons. The summed E-state index contributed by atoms with van der Waals surface area (Å²) >= 11 is 0. The first-order valence-corrected chi connectivity index (χ1v) is 14.6. The molecule has 1 saturated heterocycles. The van der Waals surface area contributed by atoms with Gasteiger partial charge in [-0.3, -0.25) is 14.5 Å². The Morgan fingerprint density at radius 2 is 1.49 bits per heavy atom. The predicted octanol–water partition coefficient (Wildman–Crippen LogP) is 5.04. The highest BCUT2D eigenvalue weighted by molar-refractivity contribution is 5.92. The number of ether oxygens (including phenoxy) is 1. The maximum absolute atomic E-state index is 13.7. The first kappa shape index (κ1) is 30.2. The van der Waals surface area contributed by atoms with Gasteiger partial charge >= 0.3 is 6.03 Å². The summed E-state index contributed by atoms with van der Waals surface area (Å²) in [5.41, 5.74) is 8.50. The number of primary amides is 1. The highest BCUT2D eigenvalue weighted by atomic mass is 19.1. The van der Waals surface area contributed by atoms with Crippen LogP contribution in [-0.4, -0.2) is 49.0 Å². The molecule has 3 N–H and O–H groups in total. The molecule has 2 fully saturated rings. The number of nitrogens with two attached hydrogens (primary N) is 1. The van der Waals surface area contributed by atoms with Gasteiger partial charge in [-0.2, -0.15) is 0 Å². The van der Waals surface area contributed by atoms with Crippen LogP contribution in [0.25, 0.3) is 0 Å². The van der Waals surface area contributed by atoms with E-state index in [0.717, 1.165) is 30.4 Å². The van der Waals surface area contributed by atoms with Gasteiger partial charge in [0.2, 0.25) is 11.8 Å². The van der Waals surface area contributed by atoms with E-state index >= 15 is 0 Å². The van der Waals surface area contributed by atoms with Crippen LogP contribution in [0.2, 0.25) is 0 Å². The number of anilines is 1. The van der Waals surface area contributed by atoms with Crippen molar-refractivity contribution in [2.75, 3.05) is 31.2 Å². The molecule has 1 aliphatic heterocycles. The molecular formula is C33H36F2N4O4. The molecule has 4 amide bonds. The highest BCUT2D eigenvalue weighted by Crippen LogP contribution is 2.38. The summed E-state index contributed by atoms with van der Waals surface area (Å²) in [6.07, 6.45) is 3.34. The molecule has 5 rings (SSSR count). The van der Waals surface area contributed by atoms with Gasteiger partial charge in [-0.05, 0) is 71.8 Å². The lowest BCUT2D eigenvalue weighted by molar-refractivity contribution is -0.131. The Bertz CT molecular complexity index is 1410. The van der Waals surface area contributed by atoms with Crippen LogP contribution in [0.15, 0.2) is 72.8 Å².